The molecule has 3 heteroatoms. The molecule has 0 radical (unpaired) electrons. The molecule has 1 aliphatic rings. The molecule has 0 unspecified atom stereocenters. The smallest absolute Gasteiger partial charge is 0.222 e. The van der Waals surface area contributed by atoms with Crippen LogP contribution in [0.15, 0.2) is 30.3 Å². The second-order valence-electron chi connectivity index (χ2n) is 8.50. The predicted molar refractivity (Wildman–Crippen MR) is 108 cm³/mol. The SMILES string of the molecule is CCC(=O)N(CC[C@@]1(C(C)C)CCO[C@@](C)(CC)C1)Cc1ccccc1. The van der Waals surface area contributed by atoms with Crippen molar-refractivity contribution in [2.75, 3.05) is 13.2 Å². The van der Waals surface area contributed by atoms with Gasteiger partial charge in [0.25, 0.3) is 0 Å². The number of ether oxygens (including phenoxy) is 1. The molecule has 0 aromatic heterocycles. The molecule has 2 rings (SSSR count). The zero-order valence-electron chi connectivity index (χ0n) is 17.4. The van der Waals surface area contributed by atoms with Gasteiger partial charge in [-0.15, -0.1) is 0 Å². The van der Waals surface area contributed by atoms with Crippen LogP contribution in [-0.4, -0.2) is 29.6 Å². The number of amides is 1. The fourth-order valence-electron chi connectivity index (χ4n) is 4.28. The van der Waals surface area contributed by atoms with Crippen LogP contribution in [0.25, 0.3) is 0 Å². The summed E-state index contributed by atoms with van der Waals surface area (Å²) in [6, 6.07) is 10.3. The number of benzene rings is 1. The molecule has 1 aliphatic heterocycles. The summed E-state index contributed by atoms with van der Waals surface area (Å²) in [5, 5.41) is 0. The number of hydrogen-bond acceptors (Lipinski definition) is 2. The van der Waals surface area contributed by atoms with Crippen LogP contribution in [0.2, 0.25) is 0 Å². The van der Waals surface area contributed by atoms with E-state index >= 15 is 0 Å². The van der Waals surface area contributed by atoms with Gasteiger partial charge >= 0.3 is 0 Å². The van der Waals surface area contributed by atoms with Crippen LogP contribution in [-0.2, 0) is 16.1 Å². The number of rotatable bonds is 8. The van der Waals surface area contributed by atoms with E-state index in [1.54, 1.807) is 0 Å². The van der Waals surface area contributed by atoms with Gasteiger partial charge in [-0.2, -0.15) is 0 Å². The van der Waals surface area contributed by atoms with E-state index in [2.05, 4.69) is 44.7 Å². The number of hydrogen-bond donors (Lipinski definition) is 0. The van der Waals surface area contributed by atoms with Gasteiger partial charge in [-0.3, -0.25) is 4.79 Å². The van der Waals surface area contributed by atoms with Gasteiger partial charge in [0.1, 0.15) is 0 Å². The molecule has 0 N–H and O–H groups in total. The number of nitrogens with zero attached hydrogens (tertiary/aromatic N) is 1. The fourth-order valence-corrected chi connectivity index (χ4v) is 4.28. The lowest BCUT2D eigenvalue weighted by Gasteiger charge is -2.49. The van der Waals surface area contributed by atoms with Gasteiger partial charge in [0.2, 0.25) is 5.91 Å². The van der Waals surface area contributed by atoms with Crippen molar-refractivity contribution in [3.8, 4) is 0 Å². The normalized spacial score (nSPS) is 26.1. The Morgan fingerprint density at radius 1 is 1.23 bits per heavy atom. The fraction of sp³-hybridized carbons (Fsp3) is 0.696. The Morgan fingerprint density at radius 2 is 1.92 bits per heavy atom. The van der Waals surface area contributed by atoms with Crippen molar-refractivity contribution in [3.05, 3.63) is 35.9 Å². The molecule has 1 amide bonds. The highest BCUT2D eigenvalue weighted by Gasteiger charge is 2.44. The molecule has 1 aromatic rings. The minimum Gasteiger partial charge on any atom is -0.375 e. The Balaban J connectivity index is 2.12. The van der Waals surface area contributed by atoms with Crippen molar-refractivity contribution in [1.29, 1.82) is 0 Å². The highest BCUT2D eigenvalue weighted by molar-refractivity contribution is 5.75. The molecule has 2 atom stereocenters. The second-order valence-corrected chi connectivity index (χ2v) is 8.50. The summed E-state index contributed by atoms with van der Waals surface area (Å²) in [6.45, 7) is 13.5. The Hall–Kier alpha value is -1.35. The van der Waals surface area contributed by atoms with Crippen LogP contribution in [0.1, 0.15) is 72.3 Å². The largest absolute Gasteiger partial charge is 0.375 e. The van der Waals surface area contributed by atoms with Gasteiger partial charge in [-0.1, -0.05) is 58.0 Å². The van der Waals surface area contributed by atoms with Gasteiger partial charge in [-0.05, 0) is 49.5 Å². The lowest BCUT2D eigenvalue weighted by atomic mass is 9.64. The first-order valence-electron chi connectivity index (χ1n) is 10.3. The molecule has 0 spiro atoms. The quantitative estimate of drug-likeness (QED) is 0.619. The summed E-state index contributed by atoms with van der Waals surface area (Å²) in [4.78, 5) is 14.6. The number of carbonyl (C=O) groups excluding carboxylic acids is 1. The third kappa shape index (κ3) is 5.09. The maximum absolute atomic E-state index is 12.5. The third-order valence-corrected chi connectivity index (χ3v) is 6.50. The first kappa shape index (κ1) is 21.0. The van der Waals surface area contributed by atoms with Gasteiger partial charge in [-0.25, -0.2) is 0 Å². The van der Waals surface area contributed by atoms with E-state index in [0.717, 1.165) is 38.8 Å². The zero-order valence-corrected chi connectivity index (χ0v) is 17.4. The van der Waals surface area contributed by atoms with Crippen molar-refractivity contribution in [2.24, 2.45) is 11.3 Å². The lowest BCUT2D eigenvalue weighted by Crippen LogP contribution is -2.47. The average Bonchev–Trinajstić information content (AvgIpc) is 2.65. The molecule has 1 fully saturated rings. The average molecular weight is 360 g/mol. The monoisotopic (exact) mass is 359 g/mol. The van der Waals surface area contributed by atoms with E-state index in [-0.39, 0.29) is 16.9 Å². The molecular formula is C23H37NO2. The van der Waals surface area contributed by atoms with E-state index in [0.29, 0.717) is 18.9 Å². The van der Waals surface area contributed by atoms with Crippen molar-refractivity contribution >= 4 is 5.91 Å². The Morgan fingerprint density at radius 3 is 2.50 bits per heavy atom. The molecule has 1 saturated heterocycles. The first-order chi connectivity index (χ1) is 12.3. The van der Waals surface area contributed by atoms with Crippen LogP contribution in [0.3, 0.4) is 0 Å². The lowest BCUT2D eigenvalue weighted by molar-refractivity contribution is -0.140. The molecule has 0 saturated carbocycles. The van der Waals surface area contributed by atoms with Gasteiger partial charge < -0.3 is 9.64 Å². The van der Waals surface area contributed by atoms with Crippen molar-refractivity contribution < 1.29 is 9.53 Å². The minimum atomic E-state index is -0.0262. The minimum absolute atomic E-state index is 0.0262. The Kier molecular flexibility index (Phi) is 7.28. The third-order valence-electron chi connectivity index (χ3n) is 6.50. The summed E-state index contributed by atoms with van der Waals surface area (Å²) in [6.07, 6.45) is 4.86. The van der Waals surface area contributed by atoms with Crippen LogP contribution in [0.5, 0.6) is 0 Å². The molecule has 3 nitrogen and oxygen atoms in total. The van der Waals surface area contributed by atoms with Crippen LogP contribution < -0.4 is 0 Å². The van der Waals surface area contributed by atoms with E-state index < -0.39 is 0 Å². The summed E-state index contributed by atoms with van der Waals surface area (Å²) in [7, 11) is 0. The zero-order chi connectivity index (χ0) is 19.2. The topological polar surface area (TPSA) is 29.5 Å². The van der Waals surface area contributed by atoms with Crippen molar-refractivity contribution in [1.82, 2.24) is 4.90 Å². The summed E-state index contributed by atoms with van der Waals surface area (Å²) < 4.78 is 6.11. The second kappa shape index (κ2) is 9.03. The van der Waals surface area contributed by atoms with E-state index in [9.17, 15) is 4.79 Å². The van der Waals surface area contributed by atoms with Gasteiger partial charge in [0.15, 0.2) is 0 Å². The highest BCUT2D eigenvalue weighted by atomic mass is 16.5. The van der Waals surface area contributed by atoms with E-state index in [1.165, 1.54) is 5.56 Å². The van der Waals surface area contributed by atoms with Crippen molar-refractivity contribution in [2.45, 2.75) is 78.9 Å². The molecule has 26 heavy (non-hydrogen) atoms. The summed E-state index contributed by atoms with van der Waals surface area (Å²) in [5.41, 5.74) is 1.44. The number of carbonyl (C=O) groups is 1. The standard InChI is InChI=1S/C23H37NO2/c1-6-21(25)24(17-20-11-9-8-10-12-20)15-13-23(19(3)4)14-16-26-22(5,7-2)18-23/h8-12,19H,6-7,13-18H2,1-5H3/t22-,23+/m0/s1. The highest BCUT2D eigenvalue weighted by Crippen LogP contribution is 2.48. The molecule has 1 aromatic carbocycles. The Bertz CT molecular complexity index is 571. The molecular weight excluding hydrogens is 322 g/mol. The van der Waals surface area contributed by atoms with Crippen LogP contribution >= 0.6 is 0 Å². The maximum Gasteiger partial charge on any atom is 0.222 e. The molecule has 0 bridgehead atoms. The molecule has 1 heterocycles. The van der Waals surface area contributed by atoms with Gasteiger partial charge in [0.05, 0.1) is 5.60 Å². The summed E-state index contributed by atoms with van der Waals surface area (Å²) >= 11 is 0. The Labute approximate surface area is 160 Å². The van der Waals surface area contributed by atoms with Crippen LogP contribution in [0.4, 0.5) is 0 Å². The first-order valence-corrected chi connectivity index (χ1v) is 10.3. The summed E-state index contributed by atoms with van der Waals surface area (Å²) in [5.74, 6) is 0.839. The van der Waals surface area contributed by atoms with E-state index in [1.807, 2.05) is 25.1 Å². The van der Waals surface area contributed by atoms with E-state index in [4.69, 9.17) is 4.74 Å². The molecule has 0 aliphatic carbocycles. The van der Waals surface area contributed by atoms with Crippen LogP contribution in [0, 0.1) is 11.3 Å². The maximum atomic E-state index is 12.5. The van der Waals surface area contributed by atoms with Crippen molar-refractivity contribution in [3.63, 3.8) is 0 Å². The van der Waals surface area contributed by atoms with Gasteiger partial charge in [0, 0.05) is 26.1 Å². The predicted octanol–water partition coefficient (Wildman–Crippen LogP) is 5.44. The molecule has 146 valence electrons.